The Kier molecular flexibility index (Phi) is 4.70. The van der Waals surface area contributed by atoms with E-state index in [1.807, 2.05) is 11.8 Å². The van der Waals surface area contributed by atoms with Crippen molar-refractivity contribution in [2.75, 3.05) is 6.54 Å². The summed E-state index contributed by atoms with van der Waals surface area (Å²) in [6, 6.07) is -0.150. The Balaban J connectivity index is 1.85. The summed E-state index contributed by atoms with van der Waals surface area (Å²) in [6.45, 7) is 6.67. The maximum absolute atomic E-state index is 12.8. The van der Waals surface area contributed by atoms with Gasteiger partial charge in [0, 0.05) is 12.5 Å². The van der Waals surface area contributed by atoms with Crippen molar-refractivity contribution in [2.24, 2.45) is 0 Å². The Morgan fingerprint density at radius 3 is 3.00 bits per heavy atom. The van der Waals surface area contributed by atoms with Crippen molar-refractivity contribution in [1.82, 2.24) is 24.6 Å². The van der Waals surface area contributed by atoms with Crippen LogP contribution in [0.15, 0.2) is 4.52 Å². The van der Waals surface area contributed by atoms with Gasteiger partial charge in [0.2, 0.25) is 5.89 Å². The number of aryl methyl sites for hydroxylation is 1. The van der Waals surface area contributed by atoms with Crippen LogP contribution in [0.25, 0.3) is 0 Å². The number of hydrogen-bond acceptors (Lipinski definition) is 7. The standard InChI is InChI=1S/C15H21N5O2S/c1-4-9(2)13-16-14(22-18-13)11-7-5-6-8-20(11)15(21)12-10(3)17-19-23-12/h9,11H,4-8H2,1-3H3/t9-,11-/m1/s1. The molecule has 1 aliphatic rings. The van der Waals surface area contributed by atoms with Crippen LogP contribution in [0.5, 0.6) is 0 Å². The van der Waals surface area contributed by atoms with Crippen molar-refractivity contribution >= 4 is 17.4 Å². The molecular formula is C15H21N5O2S. The van der Waals surface area contributed by atoms with E-state index in [4.69, 9.17) is 4.52 Å². The van der Waals surface area contributed by atoms with E-state index >= 15 is 0 Å². The molecule has 3 rings (SSSR count). The molecule has 1 amide bonds. The zero-order valence-electron chi connectivity index (χ0n) is 13.7. The minimum Gasteiger partial charge on any atom is -0.337 e. The van der Waals surface area contributed by atoms with Gasteiger partial charge in [-0.3, -0.25) is 4.79 Å². The summed E-state index contributed by atoms with van der Waals surface area (Å²) in [5, 5.41) is 8.03. The predicted molar refractivity (Wildman–Crippen MR) is 85.3 cm³/mol. The largest absolute Gasteiger partial charge is 0.337 e. The summed E-state index contributed by atoms with van der Waals surface area (Å²) in [5.74, 6) is 1.48. The van der Waals surface area contributed by atoms with Crippen LogP contribution in [0, 0.1) is 6.92 Å². The molecule has 0 aromatic carbocycles. The van der Waals surface area contributed by atoms with Crippen LogP contribution in [0.3, 0.4) is 0 Å². The van der Waals surface area contributed by atoms with Crippen LogP contribution < -0.4 is 0 Å². The average molecular weight is 335 g/mol. The van der Waals surface area contributed by atoms with Crippen molar-refractivity contribution in [2.45, 2.75) is 58.4 Å². The number of nitrogens with zero attached hydrogens (tertiary/aromatic N) is 5. The molecule has 0 saturated carbocycles. The number of hydrogen-bond donors (Lipinski definition) is 0. The van der Waals surface area contributed by atoms with Gasteiger partial charge in [0.1, 0.15) is 10.9 Å². The molecule has 7 nitrogen and oxygen atoms in total. The number of carbonyl (C=O) groups is 1. The third-order valence-corrected chi connectivity index (χ3v) is 5.22. The number of likely N-dealkylation sites (tertiary alicyclic amines) is 1. The van der Waals surface area contributed by atoms with Crippen LogP contribution in [0.2, 0.25) is 0 Å². The molecule has 1 fully saturated rings. The zero-order chi connectivity index (χ0) is 16.4. The van der Waals surface area contributed by atoms with Crippen LogP contribution in [0.4, 0.5) is 0 Å². The lowest BCUT2D eigenvalue weighted by Crippen LogP contribution is -2.38. The SMILES string of the molecule is CC[C@@H](C)c1noc([C@H]2CCCCN2C(=O)c2snnc2C)n1. The first kappa shape index (κ1) is 16.0. The van der Waals surface area contributed by atoms with Crippen molar-refractivity contribution in [1.29, 1.82) is 0 Å². The van der Waals surface area contributed by atoms with Gasteiger partial charge < -0.3 is 9.42 Å². The second-order valence-electron chi connectivity index (χ2n) is 6.00. The van der Waals surface area contributed by atoms with E-state index in [2.05, 4.69) is 33.6 Å². The number of aromatic nitrogens is 4. The molecule has 124 valence electrons. The van der Waals surface area contributed by atoms with E-state index in [1.165, 1.54) is 0 Å². The first-order valence-corrected chi connectivity index (χ1v) is 8.82. The van der Waals surface area contributed by atoms with Crippen LogP contribution >= 0.6 is 11.5 Å². The average Bonchev–Trinajstić information content (AvgIpc) is 3.22. The molecule has 3 heterocycles. The topological polar surface area (TPSA) is 85.0 Å². The Bertz CT molecular complexity index is 683. The van der Waals surface area contributed by atoms with Gasteiger partial charge in [-0.05, 0) is 44.1 Å². The third-order valence-electron chi connectivity index (χ3n) is 4.41. The van der Waals surface area contributed by atoms with Gasteiger partial charge in [-0.25, -0.2) is 0 Å². The number of amides is 1. The highest BCUT2D eigenvalue weighted by atomic mass is 32.1. The second-order valence-corrected chi connectivity index (χ2v) is 6.75. The van der Waals surface area contributed by atoms with Gasteiger partial charge >= 0.3 is 0 Å². The highest BCUT2D eigenvalue weighted by Crippen LogP contribution is 2.32. The maximum Gasteiger partial charge on any atom is 0.268 e. The van der Waals surface area contributed by atoms with Gasteiger partial charge in [0.05, 0.1) is 5.69 Å². The molecule has 2 atom stereocenters. The van der Waals surface area contributed by atoms with Crippen LogP contribution in [-0.2, 0) is 0 Å². The lowest BCUT2D eigenvalue weighted by molar-refractivity contribution is 0.0565. The smallest absolute Gasteiger partial charge is 0.268 e. The molecule has 0 bridgehead atoms. The number of carbonyl (C=O) groups excluding carboxylic acids is 1. The molecule has 0 unspecified atom stereocenters. The number of piperidine rings is 1. The maximum atomic E-state index is 12.8. The minimum atomic E-state index is -0.150. The van der Waals surface area contributed by atoms with Gasteiger partial charge in [0.25, 0.3) is 5.91 Å². The first-order valence-electron chi connectivity index (χ1n) is 8.05. The van der Waals surface area contributed by atoms with E-state index in [1.54, 1.807) is 0 Å². The molecule has 0 N–H and O–H groups in total. The van der Waals surface area contributed by atoms with Gasteiger partial charge in [-0.15, -0.1) is 5.10 Å². The summed E-state index contributed by atoms with van der Waals surface area (Å²) in [5.41, 5.74) is 0.676. The summed E-state index contributed by atoms with van der Waals surface area (Å²) in [7, 11) is 0. The van der Waals surface area contributed by atoms with E-state index in [0.29, 0.717) is 23.0 Å². The molecule has 0 radical (unpaired) electrons. The van der Waals surface area contributed by atoms with Crippen LogP contribution in [-0.4, -0.2) is 37.1 Å². The lowest BCUT2D eigenvalue weighted by Gasteiger charge is -2.33. The Labute approximate surface area is 139 Å². The monoisotopic (exact) mass is 335 g/mol. The molecule has 0 aliphatic carbocycles. The minimum absolute atomic E-state index is 0.0366. The Hall–Kier alpha value is -1.83. The first-order chi connectivity index (χ1) is 11.1. The van der Waals surface area contributed by atoms with Gasteiger partial charge in [-0.2, -0.15) is 4.98 Å². The van der Waals surface area contributed by atoms with E-state index in [0.717, 1.165) is 43.0 Å². The van der Waals surface area contributed by atoms with Crippen molar-refractivity contribution in [3.8, 4) is 0 Å². The summed E-state index contributed by atoms with van der Waals surface area (Å²) in [4.78, 5) is 19.8. The molecule has 1 aliphatic heterocycles. The summed E-state index contributed by atoms with van der Waals surface area (Å²) in [6.07, 6.45) is 3.84. The molecule has 2 aromatic rings. The fraction of sp³-hybridized carbons (Fsp3) is 0.667. The highest BCUT2D eigenvalue weighted by Gasteiger charge is 2.34. The van der Waals surface area contributed by atoms with Gasteiger partial charge in [0.15, 0.2) is 5.82 Å². The Morgan fingerprint density at radius 1 is 1.48 bits per heavy atom. The zero-order valence-corrected chi connectivity index (χ0v) is 14.5. The van der Waals surface area contributed by atoms with E-state index in [-0.39, 0.29) is 17.9 Å². The fourth-order valence-electron chi connectivity index (χ4n) is 2.75. The lowest BCUT2D eigenvalue weighted by atomic mass is 10.0. The molecule has 1 saturated heterocycles. The second kappa shape index (κ2) is 6.74. The molecule has 0 spiro atoms. The van der Waals surface area contributed by atoms with Crippen molar-refractivity contribution in [3.63, 3.8) is 0 Å². The predicted octanol–water partition coefficient (Wildman–Crippen LogP) is 3.11. The molecule has 8 heteroatoms. The normalized spacial score (nSPS) is 19.8. The van der Waals surface area contributed by atoms with Gasteiger partial charge in [-0.1, -0.05) is 23.5 Å². The summed E-state index contributed by atoms with van der Waals surface area (Å²) >= 11 is 1.14. The van der Waals surface area contributed by atoms with E-state index < -0.39 is 0 Å². The van der Waals surface area contributed by atoms with Crippen molar-refractivity contribution in [3.05, 3.63) is 22.3 Å². The molecule has 23 heavy (non-hydrogen) atoms. The van der Waals surface area contributed by atoms with Crippen molar-refractivity contribution < 1.29 is 9.32 Å². The summed E-state index contributed by atoms with van der Waals surface area (Å²) < 4.78 is 9.34. The van der Waals surface area contributed by atoms with E-state index in [9.17, 15) is 4.79 Å². The highest BCUT2D eigenvalue weighted by molar-refractivity contribution is 7.07. The molecule has 2 aromatic heterocycles. The Morgan fingerprint density at radius 2 is 2.30 bits per heavy atom. The number of rotatable bonds is 4. The third kappa shape index (κ3) is 3.12. The van der Waals surface area contributed by atoms with Crippen LogP contribution in [0.1, 0.15) is 78.6 Å². The fourth-order valence-corrected chi connectivity index (χ4v) is 3.37. The quantitative estimate of drug-likeness (QED) is 0.853. The molecular weight excluding hydrogens is 314 g/mol.